The number of halogens is 3. The predicted octanol–water partition coefficient (Wildman–Crippen LogP) is 5.95. The van der Waals surface area contributed by atoms with Crippen molar-refractivity contribution >= 4 is 76.0 Å². The van der Waals surface area contributed by atoms with Crippen LogP contribution < -0.4 is 20.3 Å². The van der Waals surface area contributed by atoms with Gasteiger partial charge in [0, 0.05) is 10.7 Å². The molecule has 4 rings (SSSR count). The van der Waals surface area contributed by atoms with Gasteiger partial charge >= 0.3 is 6.03 Å². The molecule has 0 aromatic heterocycles. The molecule has 2 N–H and O–H groups in total. The molecule has 0 saturated carbocycles. The van der Waals surface area contributed by atoms with E-state index in [4.69, 9.17) is 39.5 Å². The number of urea groups is 1. The summed E-state index contributed by atoms with van der Waals surface area (Å²) in [5.41, 5.74) is 2.54. The van der Waals surface area contributed by atoms with E-state index in [1.165, 1.54) is 24.3 Å². The lowest BCUT2D eigenvalue weighted by Crippen LogP contribution is -2.54. The fourth-order valence-corrected chi connectivity index (χ4v) is 4.43. The van der Waals surface area contributed by atoms with E-state index < -0.39 is 23.8 Å². The number of hydrogen-bond donors (Lipinski definition) is 2. The molecular weight excluding hydrogens is 553 g/mol. The molecule has 194 valence electrons. The molecule has 1 fully saturated rings. The second kappa shape index (κ2) is 11.3. The minimum absolute atomic E-state index is 0.0506. The Morgan fingerprint density at radius 3 is 2.34 bits per heavy atom. The number of hydrogen-bond acceptors (Lipinski definition) is 5. The van der Waals surface area contributed by atoms with Crippen LogP contribution in [0.15, 0.2) is 60.2 Å². The standard InChI is InChI=1S/C27H20Cl3N3O5/c1-14-4-3-5-17(8-14)31-23(34)13-38-24-21(29)10-16(11-22(24)30)9-19-25(35)32-27(37)33(26(19)36)18-7-6-15(2)20(28)12-18/h3-12H,13H2,1-2H3,(H,31,34)(H,32,35,37)/b19-9+. The lowest BCUT2D eigenvalue weighted by molar-refractivity contribution is -0.122. The summed E-state index contributed by atoms with van der Waals surface area (Å²) in [5.74, 6) is -2.09. The van der Waals surface area contributed by atoms with Crippen LogP contribution in [0.5, 0.6) is 5.75 Å². The van der Waals surface area contributed by atoms with E-state index in [1.54, 1.807) is 25.1 Å². The second-order valence-corrected chi connectivity index (χ2v) is 9.63. The summed E-state index contributed by atoms with van der Waals surface area (Å²) in [4.78, 5) is 51.2. The number of imide groups is 2. The van der Waals surface area contributed by atoms with Crippen LogP contribution in [-0.4, -0.2) is 30.4 Å². The van der Waals surface area contributed by atoms with Crippen molar-refractivity contribution in [3.8, 4) is 5.75 Å². The summed E-state index contributed by atoms with van der Waals surface area (Å²) in [6.07, 6.45) is 1.25. The number of anilines is 2. The van der Waals surface area contributed by atoms with Crippen molar-refractivity contribution in [3.05, 3.63) is 91.9 Å². The average Bonchev–Trinajstić information content (AvgIpc) is 2.83. The molecule has 11 heteroatoms. The smallest absolute Gasteiger partial charge is 0.335 e. The van der Waals surface area contributed by atoms with Crippen molar-refractivity contribution in [1.82, 2.24) is 5.32 Å². The summed E-state index contributed by atoms with van der Waals surface area (Å²) in [6.45, 7) is 3.32. The van der Waals surface area contributed by atoms with Gasteiger partial charge in [0.1, 0.15) is 5.57 Å². The van der Waals surface area contributed by atoms with Gasteiger partial charge in [0.25, 0.3) is 17.7 Å². The highest BCUT2D eigenvalue weighted by Gasteiger charge is 2.37. The number of nitrogens with zero attached hydrogens (tertiary/aromatic N) is 1. The average molecular weight is 573 g/mol. The zero-order valence-electron chi connectivity index (χ0n) is 20.1. The maximum Gasteiger partial charge on any atom is 0.335 e. The van der Waals surface area contributed by atoms with Gasteiger partial charge in [-0.3, -0.25) is 19.7 Å². The highest BCUT2D eigenvalue weighted by atomic mass is 35.5. The van der Waals surface area contributed by atoms with Gasteiger partial charge < -0.3 is 10.1 Å². The van der Waals surface area contributed by atoms with Crippen LogP contribution in [0.25, 0.3) is 6.08 Å². The fraction of sp³-hybridized carbons (Fsp3) is 0.111. The largest absolute Gasteiger partial charge is 0.481 e. The molecule has 0 aliphatic carbocycles. The van der Waals surface area contributed by atoms with E-state index in [9.17, 15) is 19.2 Å². The summed E-state index contributed by atoms with van der Waals surface area (Å²) in [6, 6.07) is 13.9. The first-order valence-corrected chi connectivity index (χ1v) is 12.3. The van der Waals surface area contributed by atoms with Crippen molar-refractivity contribution in [2.45, 2.75) is 13.8 Å². The number of rotatable bonds is 6. The van der Waals surface area contributed by atoms with Crippen molar-refractivity contribution in [2.75, 3.05) is 16.8 Å². The number of aryl methyl sites for hydroxylation is 2. The van der Waals surface area contributed by atoms with E-state index in [0.717, 1.165) is 16.0 Å². The zero-order valence-corrected chi connectivity index (χ0v) is 22.4. The van der Waals surface area contributed by atoms with Gasteiger partial charge in [-0.1, -0.05) is 53.0 Å². The highest BCUT2D eigenvalue weighted by Crippen LogP contribution is 2.35. The van der Waals surface area contributed by atoms with Gasteiger partial charge in [-0.05, 0) is 73.0 Å². The van der Waals surface area contributed by atoms with E-state index in [1.807, 2.05) is 25.1 Å². The Hall–Kier alpha value is -3.85. The van der Waals surface area contributed by atoms with Crippen molar-refractivity contribution < 1.29 is 23.9 Å². The van der Waals surface area contributed by atoms with Gasteiger partial charge in [-0.15, -0.1) is 0 Å². The minimum Gasteiger partial charge on any atom is -0.481 e. The molecule has 8 nitrogen and oxygen atoms in total. The van der Waals surface area contributed by atoms with E-state index in [0.29, 0.717) is 16.3 Å². The summed E-state index contributed by atoms with van der Waals surface area (Å²) >= 11 is 18.8. The molecule has 1 heterocycles. The Morgan fingerprint density at radius 2 is 1.68 bits per heavy atom. The zero-order chi connectivity index (χ0) is 27.6. The molecule has 3 aromatic carbocycles. The third-order valence-electron chi connectivity index (χ3n) is 5.50. The van der Waals surface area contributed by atoms with Crippen LogP contribution in [-0.2, 0) is 14.4 Å². The van der Waals surface area contributed by atoms with Gasteiger partial charge in [-0.2, -0.15) is 0 Å². The fourth-order valence-electron chi connectivity index (χ4n) is 3.64. The molecule has 1 aliphatic rings. The normalized spacial score (nSPS) is 14.5. The molecule has 0 bridgehead atoms. The molecule has 0 spiro atoms. The molecule has 38 heavy (non-hydrogen) atoms. The number of nitrogens with one attached hydrogen (secondary N) is 2. The molecule has 0 unspecified atom stereocenters. The molecule has 1 saturated heterocycles. The molecular formula is C27H20Cl3N3O5. The monoisotopic (exact) mass is 571 g/mol. The van der Waals surface area contributed by atoms with E-state index in [2.05, 4.69) is 10.6 Å². The Balaban J connectivity index is 1.53. The number of ether oxygens (including phenoxy) is 1. The summed E-state index contributed by atoms with van der Waals surface area (Å²) in [5, 5.41) is 5.31. The molecule has 1 aliphatic heterocycles. The summed E-state index contributed by atoms with van der Waals surface area (Å²) < 4.78 is 5.52. The highest BCUT2D eigenvalue weighted by molar-refractivity contribution is 6.40. The second-order valence-electron chi connectivity index (χ2n) is 8.41. The third kappa shape index (κ3) is 5.99. The Morgan fingerprint density at radius 1 is 0.974 bits per heavy atom. The predicted molar refractivity (Wildman–Crippen MR) is 147 cm³/mol. The first-order valence-electron chi connectivity index (χ1n) is 11.2. The first-order chi connectivity index (χ1) is 18.0. The molecule has 3 aromatic rings. The van der Waals surface area contributed by atoms with Gasteiger partial charge in [-0.25, -0.2) is 9.69 Å². The number of amides is 5. The minimum atomic E-state index is -0.902. The number of carbonyl (C=O) groups is 4. The SMILES string of the molecule is Cc1cccc(NC(=O)COc2c(Cl)cc(/C=C3\C(=O)NC(=O)N(c4ccc(C)c(Cl)c4)C3=O)cc2Cl)c1. The van der Waals surface area contributed by atoms with Crippen LogP contribution in [0.2, 0.25) is 15.1 Å². The molecule has 0 atom stereocenters. The maximum absolute atomic E-state index is 13.1. The first kappa shape index (κ1) is 27.2. The Bertz CT molecular complexity index is 1500. The van der Waals surface area contributed by atoms with E-state index in [-0.39, 0.29) is 33.7 Å². The van der Waals surface area contributed by atoms with Crippen molar-refractivity contribution in [1.29, 1.82) is 0 Å². The number of benzene rings is 3. The summed E-state index contributed by atoms with van der Waals surface area (Å²) in [7, 11) is 0. The van der Waals surface area contributed by atoms with Crippen LogP contribution in [0.3, 0.4) is 0 Å². The van der Waals surface area contributed by atoms with Crippen LogP contribution in [0, 0.1) is 13.8 Å². The molecule has 0 radical (unpaired) electrons. The van der Waals surface area contributed by atoms with E-state index >= 15 is 0 Å². The topological polar surface area (TPSA) is 105 Å². The van der Waals surface area contributed by atoms with Crippen molar-refractivity contribution in [2.24, 2.45) is 0 Å². The quantitative estimate of drug-likeness (QED) is 0.281. The Labute approximate surface area is 233 Å². The molecule has 5 amide bonds. The number of barbiturate groups is 1. The maximum atomic E-state index is 13.1. The van der Waals surface area contributed by atoms with Crippen LogP contribution >= 0.6 is 34.8 Å². The van der Waals surface area contributed by atoms with Gasteiger partial charge in [0.2, 0.25) is 0 Å². The van der Waals surface area contributed by atoms with Crippen LogP contribution in [0.4, 0.5) is 16.2 Å². The Kier molecular flexibility index (Phi) is 8.06. The lowest BCUT2D eigenvalue weighted by atomic mass is 10.1. The third-order valence-corrected chi connectivity index (χ3v) is 6.47. The van der Waals surface area contributed by atoms with Crippen LogP contribution in [0.1, 0.15) is 16.7 Å². The van der Waals surface area contributed by atoms with Crippen molar-refractivity contribution in [3.63, 3.8) is 0 Å². The number of carbonyl (C=O) groups excluding carboxylic acids is 4. The van der Waals surface area contributed by atoms with Gasteiger partial charge in [0.05, 0.1) is 15.7 Å². The lowest BCUT2D eigenvalue weighted by Gasteiger charge is -2.26. The van der Waals surface area contributed by atoms with Gasteiger partial charge in [0.15, 0.2) is 12.4 Å².